The molecule has 4 aromatic rings. The van der Waals surface area contributed by atoms with Gasteiger partial charge in [-0.05, 0) is 48.5 Å². The molecule has 0 saturated carbocycles. The maximum Gasteiger partial charge on any atom is 0.280 e. The van der Waals surface area contributed by atoms with Crippen LogP contribution in [0.15, 0.2) is 72.8 Å². The average Bonchev–Trinajstić information content (AvgIpc) is 3.13. The van der Waals surface area contributed by atoms with Crippen molar-refractivity contribution in [3.8, 4) is 34.3 Å². The number of carbonyl (C=O) groups excluding carboxylic acids is 1. The number of hydrogen-bond acceptors (Lipinski definition) is 5. The second-order valence-corrected chi connectivity index (χ2v) is 6.02. The van der Waals surface area contributed by atoms with Crippen LogP contribution < -0.4 is 0 Å². The molecule has 0 radical (unpaired) electrons. The number of halogens is 1. The molecule has 0 aliphatic carbocycles. The topological polar surface area (TPSA) is 88.2 Å². The summed E-state index contributed by atoms with van der Waals surface area (Å²) in [4.78, 5) is 17.4. The highest BCUT2D eigenvalue weighted by molar-refractivity contribution is 5.97. The van der Waals surface area contributed by atoms with Crippen LogP contribution in [0.5, 0.6) is 11.5 Å². The van der Waals surface area contributed by atoms with Crippen molar-refractivity contribution < 1.29 is 19.4 Å². The number of rotatable bonds is 3. The van der Waals surface area contributed by atoms with Crippen molar-refractivity contribution in [3.05, 3.63) is 84.2 Å². The summed E-state index contributed by atoms with van der Waals surface area (Å²) in [6.45, 7) is 0. The fourth-order valence-corrected chi connectivity index (χ4v) is 2.78. The molecular weight excluding hydrogens is 361 g/mol. The van der Waals surface area contributed by atoms with Crippen LogP contribution in [0.4, 0.5) is 4.39 Å². The Bertz CT molecular complexity index is 1170. The van der Waals surface area contributed by atoms with E-state index in [1.807, 2.05) is 0 Å². The largest absolute Gasteiger partial charge is 0.507 e. The molecule has 0 unspecified atom stereocenters. The van der Waals surface area contributed by atoms with Crippen molar-refractivity contribution in [2.75, 3.05) is 0 Å². The van der Waals surface area contributed by atoms with Gasteiger partial charge in [-0.3, -0.25) is 4.79 Å². The van der Waals surface area contributed by atoms with Gasteiger partial charge in [0.2, 0.25) is 0 Å². The van der Waals surface area contributed by atoms with E-state index in [0.29, 0.717) is 11.1 Å². The summed E-state index contributed by atoms with van der Waals surface area (Å²) in [6, 6.07) is 17.9. The minimum Gasteiger partial charge on any atom is -0.507 e. The number of para-hydroxylation sites is 2. The van der Waals surface area contributed by atoms with Gasteiger partial charge in [-0.2, -0.15) is 4.68 Å². The van der Waals surface area contributed by atoms with Crippen LogP contribution in [0.25, 0.3) is 22.8 Å². The SMILES string of the molecule is O=C(c1ccc(F)cc1)n1nc(-c2ccccc2O)nc1-c1ccccc1O. The van der Waals surface area contributed by atoms with E-state index in [1.165, 1.54) is 36.4 Å². The molecule has 1 aromatic heterocycles. The fraction of sp³-hybridized carbons (Fsp3) is 0. The molecule has 3 aromatic carbocycles. The molecule has 0 aliphatic rings. The van der Waals surface area contributed by atoms with Crippen molar-refractivity contribution in [2.24, 2.45) is 0 Å². The molecule has 0 bridgehead atoms. The zero-order valence-corrected chi connectivity index (χ0v) is 14.5. The van der Waals surface area contributed by atoms with Crippen LogP contribution in [-0.4, -0.2) is 30.9 Å². The molecule has 0 saturated heterocycles. The Hall–Kier alpha value is -4.00. The van der Waals surface area contributed by atoms with Gasteiger partial charge < -0.3 is 10.2 Å². The van der Waals surface area contributed by atoms with E-state index in [4.69, 9.17) is 0 Å². The Kier molecular flexibility index (Phi) is 4.33. The van der Waals surface area contributed by atoms with Gasteiger partial charge in [0, 0.05) is 5.56 Å². The fourth-order valence-electron chi connectivity index (χ4n) is 2.78. The average molecular weight is 375 g/mol. The van der Waals surface area contributed by atoms with Crippen molar-refractivity contribution in [3.63, 3.8) is 0 Å². The predicted molar refractivity (Wildman–Crippen MR) is 100 cm³/mol. The van der Waals surface area contributed by atoms with E-state index in [2.05, 4.69) is 10.1 Å². The zero-order valence-electron chi connectivity index (χ0n) is 14.5. The normalized spacial score (nSPS) is 10.8. The van der Waals surface area contributed by atoms with Gasteiger partial charge in [0.15, 0.2) is 11.6 Å². The monoisotopic (exact) mass is 375 g/mol. The van der Waals surface area contributed by atoms with Crippen LogP contribution in [0.2, 0.25) is 0 Å². The minimum atomic E-state index is -0.549. The van der Waals surface area contributed by atoms with Crippen molar-refractivity contribution in [1.82, 2.24) is 14.8 Å². The Labute approximate surface area is 159 Å². The summed E-state index contributed by atoms with van der Waals surface area (Å²) < 4.78 is 14.2. The summed E-state index contributed by atoms with van der Waals surface area (Å²) in [6.07, 6.45) is 0. The second kappa shape index (κ2) is 6.96. The molecule has 138 valence electrons. The number of phenolic OH excluding ortho intramolecular Hbond substituents is 2. The Balaban J connectivity index is 1.91. The lowest BCUT2D eigenvalue weighted by atomic mass is 10.1. The number of benzene rings is 3. The zero-order chi connectivity index (χ0) is 19.7. The van der Waals surface area contributed by atoms with Gasteiger partial charge in [0.1, 0.15) is 17.3 Å². The highest BCUT2D eigenvalue weighted by atomic mass is 19.1. The lowest BCUT2D eigenvalue weighted by Gasteiger charge is -2.06. The Morgan fingerprint density at radius 3 is 2.00 bits per heavy atom. The predicted octanol–water partition coefficient (Wildman–Crippen LogP) is 3.85. The molecule has 4 rings (SSSR count). The minimum absolute atomic E-state index is 0.0438. The van der Waals surface area contributed by atoms with Gasteiger partial charge in [-0.25, -0.2) is 9.37 Å². The quantitative estimate of drug-likeness (QED) is 0.568. The lowest BCUT2D eigenvalue weighted by Crippen LogP contribution is -2.15. The first-order valence-corrected chi connectivity index (χ1v) is 8.38. The molecule has 0 amide bonds. The Morgan fingerprint density at radius 2 is 1.39 bits per heavy atom. The molecule has 6 nitrogen and oxygen atoms in total. The number of aromatic nitrogens is 3. The molecule has 28 heavy (non-hydrogen) atoms. The third kappa shape index (κ3) is 3.09. The summed E-state index contributed by atoms with van der Waals surface area (Å²) in [5, 5.41) is 24.6. The van der Waals surface area contributed by atoms with Crippen LogP contribution >= 0.6 is 0 Å². The van der Waals surface area contributed by atoms with Gasteiger partial charge in [0.05, 0.1) is 11.1 Å². The van der Waals surface area contributed by atoms with E-state index in [1.54, 1.807) is 36.4 Å². The van der Waals surface area contributed by atoms with Crippen LogP contribution in [0, 0.1) is 5.82 Å². The molecule has 0 aliphatic heterocycles. The van der Waals surface area contributed by atoms with Crippen molar-refractivity contribution >= 4 is 5.91 Å². The molecule has 1 heterocycles. The Morgan fingerprint density at radius 1 is 0.821 bits per heavy atom. The summed E-state index contributed by atoms with van der Waals surface area (Å²) in [7, 11) is 0. The maximum absolute atomic E-state index is 13.2. The van der Waals surface area contributed by atoms with E-state index >= 15 is 0 Å². The molecule has 0 fully saturated rings. The molecule has 0 atom stereocenters. The number of nitrogens with zero attached hydrogens (tertiary/aromatic N) is 3. The van der Waals surface area contributed by atoms with Crippen molar-refractivity contribution in [1.29, 1.82) is 0 Å². The van der Waals surface area contributed by atoms with Gasteiger partial charge >= 0.3 is 0 Å². The third-order valence-electron chi connectivity index (χ3n) is 4.18. The van der Waals surface area contributed by atoms with Gasteiger partial charge in [-0.1, -0.05) is 24.3 Å². The highest BCUT2D eigenvalue weighted by Gasteiger charge is 2.22. The molecule has 7 heteroatoms. The lowest BCUT2D eigenvalue weighted by molar-refractivity contribution is 0.0947. The highest BCUT2D eigenvalue weighted by Crippen LogP contribution is 2.32. The van der Waals surface area contributed by atoms with E-state index < -0.39 is 11.7 Å². The first-order valence-electron chi connectivity index (χ1n) is 8.38. The standard InChI is InChI=1S/C21H14FN3O3/c22-14-11-9-13(10-12-14)21(28)25-20(16-6-2-4-8-18(16)27)23-19(24-25)15-5-1-3-7-17(15)26/h1-12,26-27H. The van der Waals surface area contributed by atoms with E-state index in [-0.39, 0.29) is 28.7 Å². The molecule has 2 N–H and O–H groups in total. The van der Waals surface area contributed by atoms with Crippen molar-refractivity contribution in [2.45, 2.75) is 0 Å². The first-order chi connectivity index (χ1) is 13.5. The summed E-state index contributed by atoms with van der Waals surface area (Å²) in [5.41, 5.74) is 0.837. The summed E-state index contributed by atoms with van der Waals surface area (Å²) >= 11 is 0. The number of hydrogen-bond donors (Lipinski definition) is 2. The second-order valence-electron chi connectivity index (χ2n) is 6.02. The van der Waals surface area contributed by atoms with Crippen LogP contribution in [0.1, 0.15) is 10.4 Å². The first kappa shape index (κ1) is 17.4. The van der Waals surface area contributed by atoms with E-state index in [9.17, 15) is 19.4 Å². The number of phenols is 2. The van der Waals surface area contributed by atoms with Crippen LogP contribution in [-0.2, 0) is 0 Å². The third-order valence-corrected chi connectivity index (χ3v) is 4.18. The number of carbonyl (C=O) groups is 1. The maximum atomic E-state index is 13.2. The van der Waals surface area contributed by atoms with Gasteiger partial charge in [-0.15, -0.1) is 5.10 Å². The molecule has 0 spiro atoms. The number of aromatic hydroxyl groups is 2. The molecular formula is C21H14FN3O3. The van der Waals surface area contributed by atoms with Crippen LogP contribution in [0.3, 0.4) is 0 Å². The summed E-state index contributed by atoms with van der Waals surface area (Å²) in [5.74, 6) is -0.916. The van der Waals surface area contributed by atoms with Gasteiger partial charge in [0.25, 0.3) is 5.91 Å². The smallest absolute Gasteiger partial charge is 0.280 e. The van der Waals surface area contributed by atoms with E-state index in [0.717, 1.165) is 4.68 Å².